The Morgan fingerprint density at radius 3 is 2.26 bits per heavy atom. The zero-order chi connectivity index (χ0) is 20.8. The molecule has 156 valence electrons. The standard InChI is InChI=1S/C27H27N3O/c1-29-17-15-27(16-18-29)30-25(23-9-5-6-10-26(23)31-27)19-24(28-30)22-13-11-21(12-14-22)20-7-3-2-4-8-20/h2-14,25H,15-19H2,1H3/p+1/t25-/m0/s1. The molecular formula is C27H28N3O+. The summed E-state index contributed by atoms with van der Waals surface area (Å²) >= 11 is 0. The maximum absolute atomic E-state index is 6.69. The van der Waals surface area contributed by atoms with Crippen molar-refractivity contribution in [3.8, 4) is 16.9 Å². The molecule has 3 aromatic rings. The average Bonchev–Trinajstić information content (AvgIpc) is 3.29. The Balaban J connectivity index is 1.35. The fourth-order valence-electron chi connectivity index (χ4n) is 5.29. The van der Waals surface area contributed by atoms with Crippen molar-refractivity contribution in [3.05, 3.63) is 90.0 Å². The van der Waals surface area contributed by atoms with Gasteiger partial charge in [0.25, 0.3) is 0 Å². The van der Waals surface area contributed by atoms with Crippen LogP contribution in [0.4, 0.5) is 0 Å². The molecule has 1 saturated heterocycles. The molecule has 4 nitrogen and oxygen atoms in total. The molecule has 0 unspecified atom stereocenters. The lowest BCUT2D eigenvalue weighted by Gasteiger charge is -2.49. The third-order valence-corrected chi connectivity index (χ3v) is 7.12. The number of nitrogens with zero attached hydrogens (tertiary/aromatic N) is 2. The zero-order valence-electron chi connectivity index (χ0n) is 17.9. The average molecular weight is 411 g/mol. The molecule has 0 aromatic heterocycles. The summed E-state index contributed by atoms with van der Waals surface area (Å²) in [5.41, 5.74) is 5.80. The molecule has 3 aliphatic rings. The third kappa shape index (κ3) is 3.14. The zero-order valence-corrected chi connectivity index (χ0v) is 17.9. The molecule has 0 aliphatic carbocycles. The number of benzene rings is 3. The highest BCUT2D eigenvalue weighted by molar-refractivity contribution is 6.02. The second kappa shape index (κ2) is 7.24. The molecule has 0 bridgehead atoms. The van der Waals surface area contributed by atoms with E-state index in [1.807, 2.05) is 0 Å². The normalized spacial score (nSPS) is 26.7. The first-order valence-electron chi connectivity index (χ1n) is 11.3. The summed E-state index contributed by atoms with van der Waals surface area (Å²) in [6, 6.07) is 28.2. The Morgan fingerprint density at radius 1 is 0.839 bits per heavy atom. The molecule has 1 atom stereocenters. The summed E-state index contributed by atoms with van der Waals surface area (Å²) in [5, 5.41) is 7.51. The van der Waals surface area contributed by atoms with Crippen LogP contribution in [0, 0.1) is 0 Å². The van der Waals surface area contributed by atoms with E-state index in [0.717, 1.165) is 43.8 Å². The van der Waals surface area contributed by atoms with Gasteiger partial charge in [-0.25, -0.2) is 5.01 Å². The molecule has 3 heterocycles. The lowest BCUT2D eigenvalue weighted by Crippen LogP contribution is -3.11. The lowest BCUT2D eigenvalue weighted by molar-refractivity contribution is -0.888. The number of nitrogens with one attached hydrogen (secondary N) is 1. The van der Waals surface area contributed by atoms with Gasteiger partial charge in [0.1, 0.15) is 5.75 Å². The van der Waals surface area contributed by atoms with Crippen molar-refractivity contribution in [2.75, 3.05) is 20.1 Å². The molecule has 1 spiro atoms. The van der Waals surface area contributed by atoms with Crippen LogP contribution in [0.5, 0.6) is 5.75 Å². The number of piperidine rings is 1. The second-order valence-electron chi connectivity index (χ2n) is 9.10. The Morgan fingerprint density at radius 2 is 1.48 bits per heavy atom. The highest BCUT2D eigenvalue weighted by atomic mass is 16.5. The van der Waals surface area contributed by atoms with Crippen molar-refractivity contribution in [2.45, 2.75) is 31.0 Å². The van der Waals surface area contributed by atoms with Crippen LogP contribution >= 0.6 is 0 Å². The van der Waals surface area contributed by atoms with Crippen LogP contribution in [0.15, 0.2) is 84.0 Å². The number of likely N-dealkylation sites (tertiary alicyclic amines) is 1. The molecule has 0 amide bonds. The Hall–Kier alpha value is -3.11. The Bertz CT molecular complexity index is 1110. The third-order valence-electron chi connectivity index (χ3n) is 7.12. The fraction of sp³-hybridized carbons (Fsp3) is 0.296. The highest BCUT2D eigenvalue weighted by Gasteiger charge is 2.52. The first-order valence-corrected chi connectivity index (χ1v) is 11.3. The van der Waals surface area contributed by atoms with Crippen LogP contribution in [0.3, 0.4) is 0 Å². The van der Waals surface area contributed by atoms with Gasteiger partial charge in [0, 0.05) is 12.0 Å². The first kappa shape index (κ1) is 18.6. The monoisotopic (exact) mass is 410 g/mol. The highest BCUT2D eigenvalue weighted by Crippen LogP contribution is 2.49. The van der Waals surface area contributed by atoms with E-state index in [9.17, 15) is 0 Å². The first-order chi connectivity index (χ1) is 15.2. The fourth-order valence-corrected chi connectivity index (χ4v) is 5.29. The van der Waals surface area contributed by atoms with Gasteiger partial charge in [0.05, 0.1) is 44.7 Å². The number of ether oxygens (including phenoxy) is 1. The van der Waals surface area contributed by atoms with Crippen LogP contribution in [0.2, 0.25) is 0 Å². The summed E-state index contributed by atoms with van der Waals surface area (Å²) in [7, 11) is 2.27. The molecule has 1 N–H and O–H groups in total. The molecule has 3 aliphatic heterocycles. The topological polar surface area (TPSA) is 29.3 Å². The van der Waals surface area contributed by atoms with Crippen LogP contribution in [0.1, 0.15) is 36.4 Å². The van der Waals surface area contributed by atoms with Gasteiger partial charge < -0.3 is 9.64 Å². The minimum absolute atomic E-state index is 0.257. The number of hydrogen-bond acceptors (Lipinski definition) is 3. The van der Waals surface area contributed by atoms with E-state index in [2.05, 4.69) is 90.9 Å². The summed E-state index contributed by atoms with van der Waals surface area (Å²) in [6.07, 6.45) is 2.94. The minimum Gasteiger partial charge on any atom is -0.466 e. The molecular weight excluding hydrogens is 382 g/mol. The SMILES string of the molecule is C[NH+]1CCC2(CC1)Oc1ccccc1[C@@H]1CC(c3ccc(-c4ccccc4)cc3)=NN12. The predicted octanol–water partition coefficient (Wildman–Crippen LogP) is 3.90. The molecule has 4 heteroatoms. The molecule has 3 aromatic carbocycles. The van der Waals surface area contributed by atoms with Crippen molar-refractivity contribution < 1.29 is 9.64 Å². The van der Waals surface area contributed by atoms with Gasteiger partial charge in [-0.05, 0) is 22.8 Å². The number of para-hydroxylation sites is 1. The lowest BCUT2D eigenvalue weighted by atomic mass is 9.90. The number of quaternary nitrogens is 1. The summed E-state index contributed by atoms with van der Waals surface area (Å²) in [4.78, 5) is 1.57. The Labute approximate surface area is 183 Å². The maximum atomic E-state index is 6.69. The van der Waals surface area contributed by atoms with E-state index in [1.165, 1.54) is 22.3 Å². The maximum Gasteiger partial charge on any atom is 0.208 e. The van der Waals surface area contributed by atoms with E-state index in [0.29, 0.717) is 0 Å². The van der Waals surface area contributed by atoms with Crippen LogP contribution < -0.4 is 9.64 Å². The molecule has 0 saturated carbocycles. The van der Waals surface area contributed by atoms with Gasteiger partial charge in [0.15, 0.2) is 0 Å². The van der Waals surface area contributed by atoms with Crippen molar-refractivity contribution in [1.29, 1.82) is 0 Å². The van der Waals surface area contributed by atoms with Crippen LogP contribution in [0.25, 0.3) is 11.1 Å². The van der Waals surface area contributed by atoms with Crippen molar-refractivity contribution in [3.63, 3.8) is 0 Å². The number of rotatable bonds is 2. The summed E-state index contributed by atoms with van der Waals surface area (Å²) in [5.74, 6) is 1.04. The van der Waals surface area contributed by atoms with Crippen LogP contribution in [-0.4, -0.2) is 36.6 Å². The number of hydrogen-bond donors (Lipinski definition) is 1. The minimum atomic E-state index is -0.315. The van der Waals surface area contributed by atoms with Gasteiger partial charge in [-0.15, -0.1) is 0 Å². The van der Waals surface area contributed by atoms with E-state index in [-0.39, 0.29) is 11.8 Å². The van der Waals surface area contributed by atoms with Crippen molar-refractivity contribution in [1.82, 2.24) is 5.01 Å². The van der Waals surface area contributed by atoms with Gasteiger partial charge in [-0.2, -0.15) is 5.10 Å². The number of hydrazone groups is 1. The van der Waals surface area contributed by atoms with Gasteiger partial charge in [-0.1, -0.05) is 72.8 Å². The molecule has 6 rings (SSSR count). The van der Waals surface area contributed by atoms with E-state index in [4.69, 9.17) is 9.84 Å². The molecule has 0 radical (unpaired) electrons. The van der Waals surface area contributed by atoms with Gasteiger partial charge in [-0.3, -0.25) is 0 Å². The predicted molar refractivity (Wildman–Crippen MR) is 123 cm³/mol. The van der Waals surface area contributed by atoms with E-state index >= 15 is 0 Å². The Kier molecular flexibility index (Phi) is 4.35. The quantitative estimate of drug-likeness (QED) is 0.694. The van der Waals surface area contributed by atoms with Gasteiger partial charge in [0.2, 0.25) is 5.72 Å². The van der Waals surface area contributed by atoms with Crippen molar-refractivity contribution in [2.24, 2.45) is 5.10 Å². The molecule has 31 heavy (non-hydrogen) atoms. The largest absolute Gasteiger partial charge is 0.466 e. The van der Waals surface area contributed by atoms with Gasteiger partial charge >= 0.3 is 0 Å². The number of fused-ring (bicyclic) bond motifs is 4. The van der Waals surface area contributed by atoms with Crippen molar-refractivity contribution >= 4 is 5.71 Å². The smallest absolute Gasteiger partial charge is 0.208 e. The van der Waals surface area contributed by atoms with E-state index < -0.39 is 0 Å². The van der Waals surface area contributed by atoms with E-state index in [1.54, 1.807) is 4.90 Å². The second-order valence-corrected chi connectivity index (χ2v) is 9.10. The summed E-state index contributed by atoms with van der Waals surface area (Å²) < 4.78 is 6.69. The summed E-state index contributed by atoms with van der Waals surface area (Å²) in [6.45, 7) is 2.23. The van der Waals surface area contributed by atoms with Crippen LogP contribution in [-0.2, 0) is 0 Å². The molecule has 1 fully saturated rings.